The van der Waals surface area contributed by atoms with Crippen LogP contribution < -0.4 is 0 Å². The van der Waals surface area contributed by atoms with Crippen molar-refractivity contribution in [3.63, 3.8) is 0 Å². The lowest BCUT2D eigenvalue weighted by molar-refractivity contribution is 0.0697. The highest BCUT2D eigenvalue weighted by molar-refractivity contribution is 7.21. The molecular weight excluding hydrogens is 248 g/mol. The lowest BCUT2D eigenvalue weighted by Crippen LogP contribution is -1.94. The van der Waals surface area contributed by atoms with E-state index in [2.05, 4.69) is 9.97 Å². The number of pyridine rings is 1. The summed E-state index contributed by atoms with van der Waals surface area (Å²) in [6.45, 7) is 0. The van der Waals surface area contributed by atoms with E-state index in [0.29, 0.717) is 0 Å². The van der Waals surface area contributed by atoms with Gasteiger partial charge in [0.05, 0.1) is 15.8 Å². The molecule has 0 amide bonds. The van der Waals surface area contributed by atoms with E-state index in [0.717, 1.165) is 20.8 Å². The molecule has 0 aliphatic carbocycles. The molecular formula is C13H8N2O2S. The Morgan fingerprint density at radius 2 is 2.17 bits per heavy atom. The van der Waals surface area contributed by atoms with Crippen LogP contribution in [0, 0.1) is 0 Å². The van der Waals surface area contributed by atoms with Gasteiger partial charge in [-0.2, -0.15) is 0 Å². The van der Waals surface area contributed by atoms with Crippen molar-refractivity contribution in [1.29, 1.82) is 0 Å². The van der Waals surface area contributed by atoms with Crippen molar-refractivity contribution >= 4 is 27.5 Å². The third-order valence-corrected chi connectivity index (χ3v) is 3.61. The first-order chi connectivity index (χ1) is 8.74. The minimum Gasteiger partial charge on any atom is -0.478 e. The first-order valence-electron chi connectivity index (χ1n) is 5.28. The van der Waals surface area contributed by atoms with Gasteiger partial charge in [-0.1, -0.05) is 0 Å². The van der Waals surface area contributed by atoms with E-state index in [-0.39, 0.29) is 5.56 Å². The maximum atomic E-state index is 10.9. The van der Waals surface area contributed by atoms with Crippen LogP contribution in [-0.4, -0.2) is 21.0 Å². The third-order valence-electron chi connectivity index (χ3n) is 2.54. The molecule has 0 fully saturated rings. The highest BCUT2D eigenvalue weighted by Gasteiger charge is 2.09. The average molecular weight is 256 g/mol. The Labute approximate surface area is 107 Å². The van der Waals surface area contributed by atoms with Crippen molar-refractivity contribution in [2.24, 2.45) is 0 Å². The highest BCUT2D eigenvalue weighted by Crippen LogP contribution is 2.30. The smallest absolute Gasteiger partial charge is 0.335 e. The summed E-state index contributed by atoms with van der Waals surface area (Å²) < 4.78 is 0.869. The van der Waals surface area contributed by atoms with Crippen LogP contribution in [0.2, 0.25) is 0 Å². The molecule has 0 saturated heterocycles. The van der Waals surface area contributed by atoms with E-state index in [9.17, 15) is 4.79 Å². The fraction of sp³-hybridized carbons (Fsp3) is 0. The molecule has 0 aliphatic heterocycles. The summed E-state index contributed by atoms with van der Waals surface area (Å²) in [4.78, 5) is 19.4. The van der Waals surface area contributed by atoms with Crippen LogP contribution in [0.1, 0.15) is 10.4 Å². The zero-order valence-electron chi connectivity index (χ0n) is 9.20. The predicted molar refractivity (Wildman–Crippen MR) is 69.8 cm³/mol. The SMILES string of the molecule is O=C(O)c1ccc2nc(-c3cccnc3)sc2c1. The van der Waals surface area contributed by atoms with Crippen molar-refractivity contribution in [2.45, 2.75) is 0 Å². The Hall–Kier alpha value is -2.27. The monoisotopic (exact) mass is 256 g/mol. The number of aromatic carboxylic acids is 1. The Bertz CT molecular complexity index is 722. The third kappa shape index (κ3) is 1.84. The van der Waals surface area contributed by atoms with Gasteiger partial charge in [-0.25, -0.2) is 9.78 Å². The molecule has 4 nitrogen and oxygen atoms in total. The minimum atomic E-state index is -0.923. The molecule has 88 valence electrons. The number of aromatic nitrogens is 2. The number of nitrogens with zero attached hydrogens (tertiary/aromatic N) is 2. The maximum Gasteiger partial charge on any atom is 0.335 e. The van der Waals surface area contributed by atoms with Crippen LogP contribution in [0.25, 0.3) is 20.8 Å². The Balaban J connectivity index is 2.14. The first kappa shape index (κ1) is 10.9. The number of hydrogen-bond donors (Lipinski definition) is 1. The summed E-state index contributed by atoms with van der Waals surface area (Å²) in [5.74, 6) is -0.923. The number of rotatable bonds is 2. The van der Waals surface area contributed by atoms with Crippen molar-refractivity contribution in [1.82, 2.24) is 9.97 Å². The molecule has 1 aromatic carbocycles. The molecule has 0 saturated carbocycles. The quantitative estimate of drug-likeness (QED) is 0.765. The fourth-order valence-electron chi connectivity index (χ4n) is 1.67. The molecule has 0 atom stereocenters. The lowest BCUT2D eigenvalue weighted by atomic mass is 10.2. The Morgan fingerprint density at radius 1 is 1.28 bits per heavy atom. The number of benzene rings is 1. The van der Waals surface area contributed by atoms with Crippen LogP contribution in [0.5, 0.6) is 0 Å². The topological polar surface area (TPSA) is 63.1 Å². The minimum absolute atomic E-state index is 0.281. The predicted octanol–water partition coefficient (Wildman–Crippen LogP) is 3.06. The van der Waals surface area contributed by atoms with Crippen LogP contribution in [0.15, 0.2) is 42.7 Å². The van der Waals surface area contributed by atoms with E-state index < -0.39 is 5.97 Å². The summed E-state index contributed by atoms with van der Waals surface area (Å²) in [5.41, 5.74) is 2.03. The van der Waals surface area contributed by atoms with E-state index in [1.807, 2.05) is 12.1 Å². The van der Waals surface area contributed by atoms with Gasteiger partial charge < -0.3 is 5.11 Å². The second-order valence-electron chi connectivity index (χ2n) is 3.75. The highest BCUT2D eigenvalue weighted by atomic mass is 32.1. The molecule has 1 N–H and O–H groups in total. The standard InChI is InChI=1S/C13H8N2O2S/c16-13(17)8-3-4-10-11(6-8)18-12(15-10)9-2-1-5-14-7-9/h1-7H,(H,16,17). The van der Waals surface area contributed by atoms with Crippen LogP contribution in [0.3, 0.4) is 0 Å². The summed E-state index contributed by atoms with van der Waals surface area (Å²) in [7, 11) is 0. The van der Waals surface area contributed by atoms with Gasteiger partial charge in [-0.05, 0) is 30.3 Å². The molecule has 0 unspecified atom stereocenters. The second-order valence-corrected chi connectivity index (χ2v) is 4.78. The zero-order valence-corrected chi connectivity index (χ0v) is 10.0. The molecule has 0 bridgehead atoms. The molecule has 2 aromatic heterocycles. The lowest BCUT2D eigenvalue weighted by Gasteiger charge is -1.91. The molecule has 3 rings (SSSR count). The van der Waals surface area contributed by atoms with Crippen molar-refractivity contribution in [3.8, 4) is 10.6 Å². The number of carbonyl (C=O) groups is 1. The first-order valence-corrected chi connectivity index (χ1v) is 6.10. The summed E-state index contributed by atoms with van der Waals surface area (Å²) in [6, 6.07) is 8.73. The van der Waals surface area contributed by atoms with Gasteiger partial charge in [-0.15, -0.1) is 11.3 Å². The second kappa shape index (κ2) is 4.19. The molecule has 0 aliphatic rings. The van der Waals surface area contributed by atoms with Gasteiger partial charge in [0.25, 0.3) is 0 Å². The van der Waals surface area contributed by atoms with E-state index in [1.54, 1.807) is 30.6 Å². The zero-order chi connectivity index (χ0) is 12.5. The Kier molecular flexibility index (Phi) is 2.53. The van der Waals surface area contributed by atoms with Gasteiger partial charge in [-0.3, -0.25) is 4.98 Å². The van der Waals surface area contributed by atoms with Crippen LogP contribution in [-0.2, 0) is 0 Å². The van der Waals surface area contributed by atoms with Gasteiger partial charge in [0.2, 0.25) is 0 Å². The van der Waals surface area contributed by atoms with Gasteiger partial charge in [0.15, 0.2) is 0 Å². The van der Waals surface area contributed by atoms with Crippen molar-refractivity contribution in [2.75, 3.05) is 0 Å². The molecule has 0 radical (unpaired) electrons. The van der Waals surface area contributed by atoms with Crippen molar-refractivity contribution < 1.29 is 9.90 Å². The van der Waals surface area contributed by atoms with Crippen molar-refractivity contribution in [3.05, 3.63) is 48.3 Å². The van der Waals surface area contributed by atoms with Gasteiger partial charge in [0, 0.05) is 18.0 Å². The van der Waals surface area contributed by atoms with E-state index in [1.165, 1.54) is 11.3 Å². The number of fused-ring (bicyclic) bond motifs is 1. The fourth-order valence-corrected chi connectivity index (χ4v) is 2.67. The van der Waals surface area contributed by atoms with E-state index in [4.69, 9.17) is 5.11 Å². The number of carboxylic acid groups (broad SMARTS) is 1. The molecule has 2 heterocycles. The molecule has 5 heteroatoms. The van der Waals surface area contributed by atoms with E-state index >= 15 is 0 Å². The summed E-state index contributed by atoms with van der Waals surface area (Å²) in [5, 5.41) is 9.79. The average Bonchev–Trinajstić information content (AvgIpc) is 2.82. The number of carboxylic acids is 1. The molecule has 0 spiro atoms. The largest absolute Gasteiger partial charge is 0.478 e. The molecule has 3 aromatic rings. The van der Waals surface area contributed by atoms with Crippen LogP contribution in [0.4, 0.5) is 0 Å². The number of thiazole rings is 1. The van der Waals surface area contributed by atoms with Gasteiger partial charge in [0.1, 0.15) is 5.01 Å². The van der Waals surface area contributed by atoms with Crippen LogP contribution >= 0.6 is 11.3 Å². The maximum absolute atomic E-state index is 10.9. The number of hydrogen-bond acceptors (Lipinski definition) is 4. The molecule has 18 heavy (non-hydrogen) atoms. The summed E-state index contributed by atoms with van der Waals surface area (Å²) >= 11 is 1.47. The Morgan fingerprint density at radius 3 is 2.89 bits per heavy atom. The summed E-state index contributed by atoms with van der Waals surface area (Å²) in [6.07, 6.45) is 3.45. The van der Waals surface area contributed by atoms with Gasteiger partial charge >= 0.3 is 5.97 Å². The normalized spacial score (nSPS) is 10.7.